The Labute approximate surface area is 196 Å². The summed E-state index contributed by atoms with van der Waals surface area (Å²) in [5.41, 5.74) is 7.30. The number of carbonyl (C=O) groups is 2. The predicted molar refractivity (Wildman–Crippen MR) is 132 cm³/mol. The Morgan fingerprint density at radius 3 is 2.35 bits per heavy atom. The van der Waals surface area contributed by atoms with Gasteiger partial charge in [0.1, 0.15) is 0 Å². The van der Waals surface area contributed by atoms with Gasteiger partial charge in [-0.1, -0.05) is 36.4 Å². The van der Waals surface area contributed by atoms with Crippen LogP contribution in [0.2, 0.25) is 0 Å². The van der Waals surface area contributed by atoms with E-state index < -0.39 is 0 Å². The van der Waals surface area contributed by atoms with Crippen molar-refractivity contribution in [3.05, 3.63) is 101 Å². The Hall–Kier alpha value is -4.69. The van der Waals surface area contributed by atoms with Crippen LogP contribution in [-0.2, 0) is 0 Å². The lowest BCUT2D eigenvalue weighted by atomic mass is 9.97. The van der Waals surface area contributed by atoms with Crippen LogP contribution in [-0.4, -0.2) is 28.3 Å². The number of benzene rings is 4. The SMILES string of the molecule is Cc1cc(C#N)ccc1-c1ccc2c(c1)c1ccccc1n2-c1cccc2c1C(=O)N(C)C2=O. The van der Waals surface area contributed by atoms with Gasteiger partial charge in [0.2, 0.25) is 0 Å². The summed E-state index contributed by atoms with van der Waals surface area (Å²) >= 11 is 0. The van der Waals surface area contributed by atoms with E-state index in [4.69, 9.17) is 0 Å². The normalized spacial score (nSPS) is 13.0. The topological polar surface area (TPSA) is 66.1 Å². The second-order valence-corrected chi connectivity index (χ2v) is 8.60. The summed E-state index contributed by atoms with van der Waals surface area (Å²) in [6, 6.07) is 27.7. The molecule has 0 bridgehead atoms. The molecule has 5 aromatic rings. The van der Waals surface area contributed by atoms with Crippen molar-refractivity contribution < 1.29 is 9.59 Å². The smallest absolute Gasteiger partial charge is 0.263 e. The molecule has 2 heterocycles. The van der Waals surface area contributed by atoms with Crippen molar-refractivity contribution in [2.75, 3.05) is 7.05 Å². The molecule has 0 saturated carbocycles. The summed E-state index contributed by atoms with van der Waals surface area (Å²) in [4.78, 5) is 26.8. The third-order valence-electron chi connectivity index (χ3n) is 6.68. The number of fused-ring (bicyclic) bond motifs is 4. The van der Waals surface area contributed by atoms with E-state index in [0.717, 1.165) is 38.5 Å². The third-order valence-corrected chi connectivity index (χ3v) is 6.68. The number of aromatic nitrogens is 1. The van der Waals surface area contributed by atoms with Gasteiger partial charge in [-0.2, -0.15) is 5.26 Å². The zero-order chi connectivity index (χ0) is 23.6. The van der Waals surface area contributed by atoms with Gasteiger partial charge in [-0.05, 0) is 66.1 Å². The van der Waals surface area contributed by atoms with Gasteiger partial charge in [0, 0.05) is 17.8 Å². The molecule has 0 spiro atoms. The van der Waals surface area contributed by atoms with Gasteiger partial charge in [-0.15, -0.1) is 0 Å². The molecule has 34 heavy (non-hydrogen) atoms. The molecule has 5 heteroatoms. The summed E-state index contributed by atoms with van der Waals surface area (Å²) < 4.78 is 2.07. The first kappa shape index (κ1) is 20.0. The van der Waals surface area contributed by atoms with Crippen molar-refractivity contribution in [1.82, 2.24) is 9.47 Å². The Balaban J connectivity index is 1.65. The monoisotopic (exact) mass is 441 g/mol. The average molecular weight is 441 g/mol. The molecule has 2 amide bonds. The lowest BCUT2D eigenvalue weighted by Gasteiger charge is -2.12. The molecule has 4 aromatic carbocycles. The van der Waals surface area contributed by atoms with E-state index in [2.05, 4.69) is 34.9 Å². The molecule has 0 aliphatic carbocycles. The fourth-order valence-corrected chi connectivity index (χ4v) is 5.03. The molecule has 162 valence electrons. The lowest BCUT2D eigenvalue weighted by molar-refractivity contribution is 0.0693. The largest absolute Gasteiger partial charge is 0.308 e. The number of carbonyl (C=O) groups excluding carboxylic acids is 2. The average Bonchev–Trinajstić information content (AvgIpc) is 3.31. The maximum absolute atomic E-state index is 13.0. The molecule has 0 N–H and O–H groups in total. The van der Waals surface area contributed by atoms with E-state index in [9.17, 15) is 14.9 Å². The Kier molecular flexibility index (Phi) is 4.20. The number of para-hydroxylation sites is 1. The van der Waals surface area contributed by atoms with Gasteiger partial charge in [0.15, 0.2) is 0 Å². The van der Waals surface area contributed by atoms with Crippen molar-refractivity contribution in [3.63, 3.8) is 0 Å². The van der Waals surface area contributed by atoms with Crippen LogP contribution in [0.25, 0.3) is 38.6 Å². The van der Waals surface area contributed by atoms with E-state index in [1.807, 2.05) is 55.5 Å². The van der Waals surface area contributed by atoms with E-state index in [0.29, 0.717) is 22.4 Å². The van der Waals surface area contributed by atoms with Crippen LogP contribution < -0.4 is 0 Å². The Bertz CT molecular complexity index is 1740. The van der Waals surface area contributed by atoms with Crippen molar-refractivity contribution in [3.8, 4) is 22.9 Å². The van der Waals surface area contributed by atoms with E-state index >= 15 is 0 Å². The van der Waals surface area contributed by atoms with Crippen LogP contribution in [0.15, 0.2) is 78.9 Å². The van der Waals surface area contributed by atoms with Crippen molar-refractivity contribution in [2.45, 2.75) is 6.92 Å². The zero-order valence-corrected chi connectivity index (χ0v) is 18.7. The minimum absolute atomic E-state index is 0.277. The molecule has 0 radical (unpaired) electrons. The Morgan fingerprint density at radius 1 is 0.765 bits per heavy atom. The number of amides is 2. The van der Waals surface area contributed by atoms with Gasteiger partial charge >= 0.3 is 0 Å². The highest BCUT2D eigenvalue weighted by Crippen LogP contribution is 2.38. The summed E-state index contributed by atoms with van der Waals surface area (Å²) in [5.74, 6) is -0.562. The van der Waals surface area contributed by atoms with Gasteiger partial charge in [0.05, 0.1) is 39.5 Å². The standard InChI is InChI=1S/C29H19N3O2/c1-17-14-18(16-30)10-12-20(17)19-11-13-25-23(15-19)21-6-3-4-8-24(21)32(25)26-9-5-7-22-27(26)29(34)31(2)28(22)33/h3-15H,1-2H3. The number of imide groups is 1. The summed E-state index contributed by atoms with van der Waals surface area (Å²) in [5, 5.41) is 11.3. The number of nitriles is 1. The first-order valence-electron chi connectivity index (χ1n) is 11.0. The maximum Gasteiger partial charge on any atom is 0.263 e. The minimum atomic E-state index is -0.286. The van der Waals surface area contributed by atoms with E-state index in [1.165, 1.54) is 11.9 Å². The summed E-state index contributed by atoms with van der Waals surface area (Å²) in [6.45, 7) is 2.01. The second-order valence-electron chi connectivity index (χ2n) is 8.60. The van der Waals surface area contributed by atoms with Gasteiger partial charge in [-0.25, -0.2) is 0 Å². The zero-order valence-electron chi connectivity index (χ0n) is 18.7. The summed E-state index contributed by atoms with van der Waals surface area (Å²) in [7, 11) is 1.52. The predicted octanol–water partition coefficient (Wildman–Crippen LogP) is 5.86. The molecular weight excluding hydrogens is 422 g/mol. The van der Waals surface area contributed by atoms with Crippen LogP contribution in [0.5, 0.6) is 0 Å². The van der Waals surface area contributed by atoms with E-state index in [-0.39, 0.29) is 11.8 Å². The lowest BCUT2D eigenvalue weighted by Crippen LogP contribution is -2.24. The molecule has 1 aliphatic rings. The van der Waals surface area contributed by atoms with Crippen LogP contribution in [0.4, 0.5) is 0 Å². The van der Waals surface area contributed by atoms with Gasteiger partial charge < -0.3 is 4.57 Å². The fraction of sp³-hybridized carbons (Fsp3) is 0.0690. The fourth-order valence-electron chi connectivity index (χ4n) is 5.03. The number of rotatable bonds is 2. The van der Waals surface area contributed by atoms with Crippen molar-refractivity contribution in [1.29, 1.82) is 5.26 Å². The Morgan fingerprint density at radius 2 is 1.56 bits per heavy atom. The minimum Gasteiger partial charge on any atom is -0.308 e. The van der Waals surface area contributed by atoms with Gasteiger partial charge in [0.25, 0.3) is 11.8 Å². The third kappa shape index (κ3) is 2.66. The molecule has 5 nitrogen and oxygen atoms in total. The number of aryl methyl sites for hydroxylation is 1. The molecule has 1 aromatic heterocycles. The molecule has 0 fully saturated rings. The van der Waals surface area contributed by atoms with Crippen molar-refractivity contribution >= 4 is 33.6 Å². The van der Waals surface area contributed by atoms with Crippen LogP contribution in [0.1, 0.15) is 31.8 Å². The second kappa shape index (κ2) is 7.16. The number of hydrogen-bond donors (Lipinski definition) is 0. The van der Waals surface area contributed by atoms with Crippen molar-refractivity contribution in [2.24, 2.45) is 0 Å². The first-order chi connectivity index (χ1) is 16.5. The highest BCUT2D eigenvalue weighted by molar-refractivity contribution is 6.23. The number of nitrogens with zero attached hydrogens (tertiary/aromatic N) is 3. The molecule has 0 atom stereocenters. The molecule has 1 aliphatic heterocycles. The van der Waals surface area contributed by atoms with Crippen LogP contribution in [0, 0.1) is 18.3 Å². The molecule has 6 rings (SSSR count). The number of hydrogen-bond acceptors (Lipinski definition) is 3. The van der Waals surface area contributed by atoms with Crippen LogP contribution >= 0.6 is 0 Å². The van der Waals surface area contributed by atoms with Crippen LogP contribution in [0.3, 0.4) is 0 Å². The van der Waals surface area contributed by atoms with E-state index in [1.54, 1.807) is 6.07 Å². The highest BCUT2D eigenvalue weighted by Gasteiger charge is 2.35. The molecular formula is C29H19N3O2. The van der Waals surface area contributed by atoms with Gasteiger partial charge in [-0.3, -0.25) is 14.5 Å². The summed E-state index contributed by atoms with van der Waals surface area (Å²) in [6.07, 6.45) is 0. The maximum atomic E-state index is 13.0. The molecule has 0 unspecified atom stereocenters. The quantitative estimate of drug-likeness (QED) is 0.323. The molecule has 0 saturated heterocycles. The highest BCUT2D eigenvalue weighted by atomic mass is 16.2. The first-order valence-corrected chi connectivity index (χ1v) is 11.0.